The highest BCUT2D eigenvalue weighted by atomic mass is 127. The molecule has 1 saturated carbocycles. The van der Waals surface area contributed by atoms with E-state index in [2.05, 4.69) is 55.0 Å². The zero-order chi connectivity index (χ0) is 22.1. The molecule has 3 aromatic rings. The molecule has 2 aliphatic rings. The minimum atomic E-state index is -1.05. The number of rotatable bonds is 7. The molecule has 10 heteroatoms. The number of hydrogen-bond acceptors (Lipinski definition) is 8. The van der Waals surface area contributed by atoms with E-state index in [0.717, 1.165) is 24.8 Å². The van der Waals surface area contributed by atoms with Gasteiger partial charge in [-0.1, -0.05) is 52.9 Å². The van der Waals surface area contributed by atoms with Crippen LogP contribution in [0.5, 0.6) is 0 Å². The van der Waals surface area contributed by atoms with E-state index >= 15 is 0 Å². The fourth-order valence-electron chi connectivity index (χ4n) is 4.47. The van der Waals surface area contributed by atoms with Gasteiger partial charge in [0.25, 0.3) is 0 Å². The summed E-state index contributed by atoms with van der Waals surface area (Å²) in [5, 5.41) is 24.2. The maximum absolute atomic E-state index is 10.5. The van der Waals surface area contributed by atoms with Crippen LogP contribution in [0.3, 0.4) is 0 Å². The predicted octanol–water partition coefficient (Wildman–Crippen LogP) is 2.43. The standard InChI is InChI=1S/C22H26IN5O4/c23-9-16-18(29)19(30)22(32-16)28-12-26-17-20(24-11-25-21(17)28)27-14-7-4-8-15(14)31-10-13-5-2-1-3-6-13/h1-3,5-6,11-12,14-16,18-19,22,29-30H,4,7-10H2,(H,24,25,27)/t14?,15?,16-,18-,19-,22-/m1/s1. The molecule has 1 aromatic carbocycles. The summed E-state index contributed by atoms with van der Waals surface area (Å²) >= 11 is 2.14. The van der Waals surface area contributed by atoms with Gasteiger partial charge in [-0.3, -0.25) is 4.57 Å². The normalized spacial score (nSPS) is 30.2. The Morgan fingerprint density at radius 3 is 2.75 bits per heavy atom. The molecule has 2 fully saturated rings. The van der Waals surface area contributed by atoms with Crippen molar-refractivity contribution in [3.63, 3.8) is 0 Å². The minimum Gasteiger partial charge on any atom is -0.387 e. The average molecular weight is 551 g/mol. The van der Waals surface area contributed by atoms with Crippen LogP contribution in [-0.4, -0.2) is 64.6 Å². The van der Waals surface area contributed by atoms with Crippen LogP contribution in [0.25, 0.3) is 11.2 Å². The molecule has 0 radical (unpaired) electrons. The first kappa shape index (κ1) is 22.0. The molecule has 5 rings (SSSR count). The molecule has 0 bridgehead atoms. The summed E-state index contributed by atoms with van der Waals surface area (Å²) in [5.74, 6) is 0.632. The van der Waals surface area contributed by atoms with Gasteiger partial charge in [0, 0.05) is 4.43 Å². The topological polar surface area (TPSA) is 115 Å². The fraction of sp³-hybridized carbons (Fsp3) is 0.500. The number of nitrogens with zero attached hydrogens (tertiary/aromatic N) is 4. The number of imidazole rings is 1. The van der Waals surface area contributed by atoms with Crippen molar-refractivity contribution in [2.45, 2.75) is 62.6 Å². The Morgan fingerprint density at radius 2 is 1.97 bits per heavy atom. The molecule has 6 atom stereocenters. The molecule has 0 spiro atoms. The Kier molecular flexibility index (Phi) is 6.56. The molecule has 170 valence electrons. The summed E-state index contributed by atoms with van der Waals surface area (Å²) < 4.78 is 14.3. The second-order valence-electron chi connectivity index (χ2n) is 8.26. The Balaban J connectivity index is 1.33. The molecule has 0 amide bonds. The van der Waals surface area contributed by atoms with Gasteiger partial charge < -0.3 is 25.0 Å². The van der Waals surface area contributed by atoms with E-state index in [0.29, 0.717) is 28.0 Å². The van der Waals surface area contributed by atoms with Crippen molar-refractivity contribution in [1.82, 2.24) is 19.5 Å². The van der Waals surface area contributed by atoms with E-state index in [1.165, 1.54) is 6.33 Å². The number of aliphatic hydroxyl groups is 2. The van der Waals surface area contributed by atoms with Crippen LogP contribution in [0, 0.1) is 0 Å². The van der Waals surface area contributed by atoms with Crippen molar-refractivity contribution in [2.75, 3.05) is 9.74 Å². The SMILES string of the molecule is O[C@@H]1[C@H](O)[C@@H](CI)O[C@H]1n1cnc2c(NC3CCCC3OCc3ccccc3)ncnc21. The zero-order valence-corrected chi connectivity index (χ0v) is 19.6. The van der Waals surface area contributed by atoms with E-state index in [9.17, 15) is 10.2 Å². The highest BCUT2D eigenvalue weighted by molar-refractivity contribution is 14.1. The zero-order valence-electron chi connectivity index (χ0n) is 17.4. The van der Waals surface area contributed by atoms with E-state index < -0.39 is 24.5 Å². The van der Waals surface area contributed by atoms with Gasteiger partial charge in [0.15, 0.2) is 23.2 Å². The lowest BCUT2D eigenvalue weighted by Crippen LogP contribution is -2.32. The molecule has 3 N–H and O–H groups in total. The third kappa shape index (κ3) is 4.21. The van der Waals surface area contributed by atoms with E-state index in [1.807, 2.05) is 18.2 Å². The number of fused-ring (bicyclic) bond motifs is 1. The third-order valence-electron chi connectivity index (χ3n) is 6.20. The maximum atomic E-state index is 10.5. The quantitative estimate of drug-likeness (QED) is 0.303. The van der Waals surface area contributed by atoms with Crippen LogP contribution in [-0.2, 0) is 16.1 Å². The molecular formula is C22H26IN5O4. The second kappa shape index (κ2) is 9.56. The fourth-order valence-corrected chi connectivity index (χ4v) is 5.20. The average Bonchev–Trinajstić information content (AvgIpc) is 3.52. The van der Waals surface area contributed by atoms with E-state index in [1.54, 1.807) is 10.9 Å². The molecular weight excluding hydrogens is 525 g/mol. The molecule has 2 unspecified atom stereocenters. The van der Waals surface area contributed by atoms with Gasteiger partial charge in [0.05, 0.1) is 31.2 Å². The van der Waals surface area contributed by atoms with Crippen molar-refractivity contribution in [3.8, 4) is 0 Å². The first-order valence-electron chi connectivity index (χ1n) is 10.8. The van der Waals surface area contributed by atoms with Gasteiger partial charge in [-0.2, -0.15) is 0 Å². The Morgan fingerprint density at radius 1 is 1.12 bits per heavy atom. The van der Waals surface area contributed by atoms with Crippen molar-refractivity contribution in [3.05, 3.63) is 48.5 Å². The smallest absolute Gasteiger partial charge is 0.167 e. The highest BCUT2D eigenvalue weighted by Gasteiger charge is 2.43. The number of halogens is 1. The number of benzene rings is 1. The van der Waals surface area contributed by atoms with Crippen LogP contribution in [0.1, 0.15) is 31.1 Å². The number of hydrogen-bond donors (Lipinski definition) is 3. The summed E-state index contributed by atoms with van der Waals surface area (Å²) in [6, 6.07) is 10.3. The minimum absolute atomic E-state index is 0.0851. The predicted molar refractivity (Wildman–Crippen MR) is 126 cm³/mol. The second-order valence-corrected chi connectivity index (χ2v) is 9.14. The van der Waals surface area contributed by atoms with Crippen LogP contribution in [0.15, 0.2) is 43.0 Å². The van der Waals surface area contributed by atoms with Crippen molar-refractivity contribution < 1.29 is 19.7 Å². The van der Waals surface area contributed by atoms with E-state index in [4.69, 9.17) is 9.47 Å². The first-order chi connectivity index (χ1) is 15.7. The number of alkyl halides is 1. The maximum Gasteiger partial charge on any atom is 0.167 e. The molecule has 9 nitrogen and oxygen atoms in total. The summed E-state index contributed by atoms with van der Waals surface area (Å²) in [6.07, 6.45) is 3.02. The van der Waals surface area contributed by atoms with Gasteiger partial charge in [-0.15, -0.1) is 0 Å². The van der Waals surface area contributed by atoms with Gasteiger partial charge >= 0.3 is 0 Å². The van der Waals surface area contributed by atoms with Gasteiger partial charge in [0.2, 0.25) is 0 Å². The summed E-state index contributed by atoms with van der Waals surface area (Å²) in [5.41, 5.74) is 2.31. The molecule has 1 aliphatic carbocycles. The van der Waals surface area contributed by atoms with Gasteiger partial charge in [-0.25, -0.2) is 15.0 Å². The van der Waals surface area contributed by atoms with Crippen LogP contribution < -0.4 is 5.32 Å². The molecule has 1 aliphatic heterocycles. The van der Waals surface area contributed by atoms with Crippen molar-refractivity contribution in [1.29, 1.82) is 0 Å². The summed E-state index contributed by atoms with van der Waals surface area (Å²) in [6.45, 7) is 0.578. The lowest BCUT2D eigenvalue weighted by molar-refractivity contribution is -0.0283. The van der Waals surface area contributed by atoms with Crippen LogP contribution >= 0.6 is 22.6 Å². The number of aliphatic hydroxyl groups excluding tert-OH is 2. The Labute approximate surface area is 199 Å². The van der Waals surface area contributed by atoms with Gasteiger partial charge in [-0.05, 0) is 24.8 Å². The largest absolute Gasteiger partial charge is 0.387 e. The van der Waals surface area contributed by atoms with E-state index in [-0.39, 0.29) is 12.1 Å². The molecule has 2 aromatic heterocycles. The molecule has 3 heterocycles. The van der Waals surface area contributed by atoms with Crippen LogP contribution in [0.4, 0.5) is 5.82 Å². The first-order valence-corrected chi connectivity index (χ1v) is 12.4. The van der Waals surface area contributed by atoms with Crippen molar-refractivity contribution in [2.24, 2.45) is 0 Å². The third-order valence-corrected chi connectivity index (χ3v) is 7.07. The Hall–Kier alpha value is -1.86. The summed E-state index contributed by atoms with van der Waals surface area (Å²) in [4.78, 5) is 13.3. The number of nitrogens with one attached hydrogen (secondary N) is 1. The number of aromatic nitrogens is 4. The van der Waals surface area contributed by atoms with Crippen LogP contribution in [0.2, 0.25) is 0 Å². The van der Waals surface area contributed by atoms with Crippen molar-refractivity contribution >= 4 is 39.6 Å². The number of anilines is 1. The Bertz CT molecular complexity index is 1050. The van der Waals surface area contributed by atoms with Gasteiger partial charge in [0.1, 0.15) is 18.5 Å². The molecule has 1 saturated heterocycles. The summed E-state index contributed by atoms with van der Waals surface area (Å²) in [7, 11) is 0. The number of ether oxygens (including phenoxy) is 2. The lowest BCUT2D eigenvalue weighted by atomic mass is 10.1. The lowest BCUT2D eigenvalue weighted by Gasteiger charge is -2.22. The highest BCUT2D eigenvalue weighted by Crippen LogP contribution is 2.34. The monoisotopic (exact) mass is 551 g/mol. The molecule has 32 heavy (non-hydrogen) atoms.